The molecule has 5 heteroatoms. The molecule has 0 spiro atoms. The van der Waals surface area contributed by atoms with E-state index in [1.54, 1.807) is 5.51 Å². The van der Waals surface area contributed by atoms with E-state index in [-0.39, 0.29) is 0 Å². The summed E-state index contributed by atoms with van der Waals surface area (Å²) >= 11 is 1.53. The van der Waals surface area contributed by atoms with Crippen molar-refractivity contribution in [2.75, 3.05) is 25.0 Å². The Labute approximate surface area is 76.4 Å². The standard InChI is InChI=1S/C7H14N4S/c1-2-3-8-4-5-9-7-11-10-6-12-7/h6,8H,2-5H2,1H3,(H,9,11). The summed E-state index contributed by atoms with van der Waals surface area (Å²) in [5.41, 5.74) is 1.72. The predicted octanol–water partition coefficient (Wildman–Crippen LogP) is 0.950. The van der Waals surface area contributed by atoms with E-state index in [1.807, 2.05) is 0 Å². The fraction of sp³-hybridized carbons (Fsp3) is 0.714. The first-order chi connectivity index (χ1) is 5.93. The van der Waals surface area contributed by atoms with Gasteiger partial charge >= 0.3 is 0 Å². The van der Waals surface area contributed by atoms with E-state index in [4.69, 9.17) is 0 Å². The third-order valence-corrected chi connectivity index (χ3v) is 2.01. The van der Waals surface area contributed by atoms with Crippen molar-refractivity contribution >= 4 is 16.5 Å². The summed E-state index contributed by atoms with van der Waals surface area (Å²) in [7, 11) is 0. The molecule has 12 heavy (non-hydrogen) atoms. The van der Waals surface area contributed by atoms with Gasteiger partial charge in [0.1, 0.15) is 5.51 Å². The van der Waals surface area contributed by atoms with Gasteiger partial charge in [0.05, 0.1) is 0 Å². The molecule has 0 aromatic carbocycles. The molecule has 0 amide bonds. The van der Waals surface area contributed by atoms with Crippen LogP contribution < -0.4 is 10.6 Å². The Morgan fingerprint density at radius 3 is 3.00 bits per heavy atom. The van der Waals surface area contributed by atoms with Crippen LogP contribution in [-0.4, -0.2) is 29.8 Å². The lowest BCUT2D eigenvalue weighted by molar-refractivity contribution is 0.687. The van der Waals surface area contributed by atoms with E-state index in [0.717, 1.165) is 24.8 Å². The van der Waals surface area contributed by atoms with E-state index in [1.165, 1.54) is 17.8 Å². The Morgan fingerprint density at radius 2 is 2.33 bits per heavy atom. The summed E-state index contributed by atoms with van der Waals surface area (Å²) in [6.07, 6.45) is 1.18. The summed E-state index contributed by atoms with van der Waals surface area (Å²) < 4.78 is 0. The molecule has 2 N–H and O–H groups in total. The number of hydrogen-bond acceptors (Lipinski definition) is 5. The molecule has 1 heterocycles. The number of nitrogens with zero attached hydrogens (tertiary/aromatic N) is 2. The van der Waals surface area contributed by atoms with Crippen molar-refractivity contribution in [2.24, 2.45) is 0 Å². The van der Waals surface area contributed by atoms with Crippen LogP contribution >= 0.6 is 11.3 Å². The van der Waals surface area contributed by atoms with Gasteiger partial charge in [-0.05, 0) is 13.0 Å². The molecule has 0 radical (unpaired) electrons. The van der Waals surface area contributed by atoms with Gasteiger partial charge in [-0.2, -0.15) is 0 Å². The molecule has 1 aromatic heterocycles. The summed E-state index contributed by atoms with van der Waals surface area (Å²) in [6.45, 7) is 5.13. The van der Waals surface area contributed by atoms with Crippen molar-refractivity contribution in [3.8, 4) is 0 Å². The zero-order valence-electron chi connectivity index (χ0n) is 7.21. The van der Waals surface area contributed by atoms with E-state index >= 15 is 0 Å². The molecule has 4 nitrogen and oxygen atoms in total. The molecular weight excluding hydrogens is 172 g/mol. The Bertz CT molecular complexity index is 187. The minimum atomic E-state index is 0.897. The van der Waals surface area contributed by atoms with Crippen molar-refractivity contribution in [3.05, 3.63) is 5.51 Å². The average molecular weight is 186 g/mol. The van der Waals surface area contributed by atoms with Crippen LogP contribution in [0.5, 0.6) is 0 Å². The zero-order valence-corrected chi connectivity index (χ0v) is 8.02. The number of hydrogen-bond donors (Lipinski definition) is 2. The lowest BCUT2D eigenvalue weighted by atomic mass is 10.5. The fourth-order valence-corrected chi connectivity index (χ4v) is 1.28. The summed E-state index contributed by atoms with van der Waals surface area (Å²) in [5.74, 6) is 0. The number of nitrogens with one attached hydrogen (secondary N) is 2. The largest absolute Gasteiger partial charge is 0.359 e. The predicted molar refractivity (Wildman–Crippen MR) is 51.6 cm³/mol. The van der Waals surface area contributed by atoms with E-state index in [9.17, 15) is 0 Å². The van der Waals surface area contributed by atoms with Crippen molar-refractivity contribution in [3.63, 3.8) is 0 Å². The number of anilines is 1. The van der Waals surface area contributed by atoms with Crippen LogP contribution in [0.15, 0.2) is 5.51 Å². The Kier molecular flexibility index (Phi) is 4.63. The van der Waals surface area contributed by atoms with Crippen LogP contribution in [-0.2, 0) is 0 Å². The van der Waals surface area contributed by atoms with Crippen LogP contribution in [0.2, 0.25) is 0 Å². The van der Waals surface area contributed by atoms with Gasteiger partial charge in [0, 0.05) is 13.1 Å². The molecule has 1 aromatic rings. The summed E-state index contributed by atoms with van der Waals surface area (Å²) in [6, 6.07) is 0. The SMILES string of the molecule is CCCNCCNc1nncs1. The van der Waals surface area contributed by atoms with Crippen LogP contribution in [0, 0.1) is 0 Å². The summed E-state index contributed by atoms with van der Waals surface area (Å²) in [4.78, 5) is 0. The highest BCUT2D eigenvalue weighted by atomic mass is 32.1. The van der Waals surface area contributed by atoms with Gasteiger partial charge in [-0.25, -0.2) is 0 Å². The maximum absolute atomic E-state index is 3.86. The second-order valence-electron chi connectivity index (χ2n) is 2.42. The highest BCUT2D eigenvalue weighted by molar-refractivity contribution is 7.13. The Hall–Kier alpha value is -0.680. The maximum atomic E-state index is 3.86. The molecule has 0 fully saturated rings. The first kappa shape index (κ1) is 9.41. The topological polar surface area (TPSA) is 49.8 Å². The van der Waals surface area contributed by atoms with Gasteiger partial charge in [0.15, 0.2) is 0 Å². The average Bonchev–Trinajstić information content (AvgIpc) is 2.57. The smallest absolute Gasteiger partial charge is 0.205 e. The molecule has 0 aliphatic heterocycles. The quantitative estimate of drug-likeness (QED) is 0.649. The van der Waals surface area contributed by atoms with Crippen molar-refractivity contribution < 1.29 is 0 Å². The highest BCUT2D eigenvalue weighted by Gasteiger charge is 1.92. The molecule has 0 atom stereocenters. The lowest BCUT2D eigenvalue weighted by Crippen LogP contribution is -2.22. The second kappa shape index (κ2) is 5.91. The molecular formula is C7H14N4S. The van der Waals surface area contributed by atoms with Gasteiger partial charge in [0.25, 0.3) is 0 Å². The third-order valence-electron chi connectivity index (χ3n) is 1.36. The second-order valence-corrected chi connectivity index (χ2v) is 3.25. The van der Waals surface area contributed by atoms with Crippen molar-refractivity contribution in [1.82, 2.24) is 15.5 Å². The van der Waals surface area contributed by atoms with Crippen molar-refractivity contribution in [2.45, 2.75) is 13.3 Å². The molecule has 0 unspecified atom stereocenters. The molecule has 0 aliphatic carbocycles. The van der Waals surface area contributed by atoms with Gasteiger partial charge in [0.2, 0.25) is 5.13 Å². The Balaban J connectivity index is 1.96. The Morgan fingerprint density at radius 1 is 1.42 bits per heavy atom. The highest BCUT2D eigenvalue weighted by Crippen LogP contribution is 2.06. The van der Waals surface area contributed by atoms with Gasteiger partial charge in [-0.1, -0.05) is 18.3 Å². The van der Waals surface area contributed by atoms with Gasteiger partial charge in [-0.15, -0.1) is 10.2 Å². The minimum Gasteiger partial charge on any atom is -0.359 e. The zero-order chi connectivity index (χ0) is 8.65. The molecule has 68 valence electrons. The lowest BCUT2D eigenvalue weighted by Gasteiger charge is -2.02. The first-order valence-corrected chi connectivity index (χ1v) is 5.02. The fourth-order valence-electron chi connectivity index (χ4n) is 0.810. The molecule has 1 rings (SSSR count). The van der Waals surface area contributed by atoms with Gasteiger partial charge < -0.3 is 10.6 Å². The van der Waals surface area contributed by atoms with E-state index < -0.39 is 0 Å². The molecule has 0 saturated carbocycles. The van der Waals surface area contributed by atoms with Gasteiger partial charge in [-0.3, -0.25) is 0 Å². The van der Waals surface area contributed by atoms with Crippen LogP contribution in [0.1, 0.15) is 13.3 Å². The third kappa shape index (κ3) is 3.64. The van der Waals surface area contributed by atoms with Crippen LogP contribution in [0.4, 0.5) is 5.13 Å². The monoisotopic (exact) mass is 186 g/mol. The first-order valence-electron chi connectivity index (χ1n) is 4.14. The number of aromatic nitrogens is 2. The normalized spacial score (nSPS) is 10.1. The minimum absolute atomic E-state index is 0.897. The van der Waals surface area contributed by atoms with Crippen LogP contribution in [0.3, 0.4) is 0 Å². The van der Waals surface area contributed by atoms with E-state index in [0.29, 0.717) is 0 Å². The number of rotatable bonds is 6. The maximum Gasteiger partial charge on any atom is 0.205 e. The molecule has 0 saturated heterocycles. The summed E-state index contributed by atoms with van der Waals surface area (Å²) in [5, 5.41) is 14.9. The van der Waals surface area contributed by atoms with Crippen molar-refractivity contribution in [1.29, 1.82) is 0 Å². The van der Waals surface area contributed by atoms with Crippen LogP contribution in [0.25, 0.3) is 0 Å². The molecule has 0 aliphatic rings. The molecule has 0 bridgehead atoms. The van der Waals surface area contributed by atoms with E-state index in [2.05, 4.69) is 27.8 Å².